The summed E-state index contributed by atoms with van der Waals surface area (Å²) in [5.74, 6) is -0.609. The van der Waals surface area contributed by atoms with Gasteiger partial charge in [-0.05, 0) is 12.1 Å². The Balaban J connectivity index is 1.84. The fraction of sp³-hybridized carbons (Fsp3) is 0.0625. The number of carboxylic acid groups (broad SMARTS) is 1. The lowest BCUT2D eigenvalue weighted by Crippen LogP contribution is -2.01. The lowest BCUT2D eigenvalue weighted by molar-refractivity contribution is 0.0696. The number of pyridine rings is 2. The summed E-state index contributed by atoms with van der Waals surface area (Å²) in [7, 11) is 0. The molecule has 0 aliphatic carbocycles. The number of nitrogens with zero attached hydrogens (tertiary/aromatic N) is 2. The number of carboxylic acids is 1. The molecule has 0 radical (unpaired) electrons. The quantitative estimate of drug-likeness (QED) is 0.795. The largest absolute Gasteiger partial charge is 0.487 e. The van der Waals surface area contributed by atoms with Gasteiger partial charge in [-0.25, -0.2) is 4.79 Å². The Morgan fingerprint density at radius 3 is 2.90 bits per heavy atom. The van der Waals surface area contributed by atoms with Gasteiger partial charge in [0.1, 0.15) is 12.4 Å². The van der Waals surface area contributed by atoms with Crippen LogP contribution in [0.2, 0.25) is 0 Å². The first-order valence-electron chi connectivity index (χ1n) is 6.38. The van der Waals surface area contributed by atoms with E-state index in [4.69, 9.17) is 9.84 Å². The second-order valence-electron chi connectivity index (χ2n) is 4.50. The second-order valence-corrected chi connectivity index (χ2v) is 4.50. The fourth-order valence-corrected chi connectivity index (χ4v) is 2.06. The van der Waals surface area contributed by atoms with Crippen LogP contribution in [-0.2, 0) is 6.61 Å². The van der Waals surface area contributed by atoms with E-state index in [9.17, 15) is 4.79 Å². The molecular weight excluding hydrogens is 268 g/mol. The van der Waals surface area contributed by atoms with Crippen LogP contribution in [0.4, 0.5) is 0 Å². The Hall–Kier alpha value is -2.95. The summed E-state index contributed by atoms with van der Waals surface area (Å²) in [6, 6.07) is 11.2. The minimum Gasteiger partial charge on any atom is -0.487 e. The third kappa shape index (κ3) is 2.81. The minimum atomic E-state index is -1.03. The van der Waals surface area contributed by atoms with E-state index in [-0.39, 0.29) is 5.56 Å². The van der Waals surface area contributed by atoms with Crippen LogP contribution in [0.3, 0.4) is 0 Å². The van der Waals surface area contributed by atoms with Crippen LogP contribution in [0.5, 0.6) is 5.75 Å². The van der Waals surface area contributed by atoms with Crippen molar-refractivity contribution in [3.05, 3.63) is 66.1 Å². The van der Waals surface area contributed by atoms with Gasteiger partial charge in [0.2, 0.25) is 0 Å². The van der Waals surface area contributed by atoms with E-state index in [0.29, 0.717) is 12.4 Å². The molecule has 5 heteroatoms. The molecule has 2 aromatic heterocycles. The summed E-state index contributed by atoms with van der Waals surface area (Å²) in [6.45, 7) is 0.305. The minimum absolute atomic E-state index is 0.101. The van der Waals surface area contributed by atoms with Crippen LogP contribution < -0.4 is 4.74 Å². The maximum absolute atomic E-state index is 10.9. The average molecular weight is 280 g/mol. The number of hydrogen-bond acceptors (Lipinski definition) is 4. The predicted molar refractivity (Wildman–Crippen MR) is 77.3 cm³/mol. The zero-order valence-electron chi connectivity index (χ0n) is 11.1. The van der Waals surface area contributed by atoms with Gasteiger partial charge in [0.05, 0.1) is 17.3 Å². The molecule has 0 fully saturated rings. The highest BCUT2D eigenvalue weighted by molar-refractivity contribution is 5.87. The van der Waals surface area contributed by atoms with E-state index in [1.165, 1.54) is 18.5 Å². The normalized spacial score (nSPS) is 10.5. The van der Waals surface area contributed by atoms with E-state index < -0.39 is 5.97 Å². The molecule has 0 saturated carbocycles. The highest BCUT2D eigenvalue weighted by Gasteiger charge is 2.06. The van der Waals surface area contributed by atoms with Gasteiger partial charge in [-0.1, -0.05) is 24.3 Å². The molecule has 1 N–H and O–H groups in total. The smallest absolute Gasteiger partial charge is 0.337 e. The molecule has 0 unspecified atom stereocenters. The SMILES string of the molecule is O=C(O)c1cncc(OCc2cccc3cccnc23)c1. The third-order valence-electron chi connectivity index (χ3n) is 3.07. The number of benzene rings is 1. The molecule has 2 heterocycles. The number of rotatable bonds is 4. The lowest BCUT2D eigenvalue weighted by Gasteiger charge is -2.08. The average Bonchev–Trinajstić information content (AvgIpc) is 2.53. The molecule has 3 aromatic rings. The van der Waals surface area contributed by atoms with Crippen molar-refractivity contribution >= 4 is 16.9 Å². The molecule has 21 heavy (non-hydrogen) atoms. The van der Waals surface area contributed by atoms with Crippen LogP contribution in [0.25, 0.3) is 10.9 Å². The van der Waals surface area contributed by atoms with Crippen LogP contribution in [0.15, 0.2) is 55.0 Å². The molecular formula is C16H12N2O3. The van der Waals surface area contributed by atoms with Crippen LogP contribution in [-0.4, -0.2) is 21.0 Å². The van der Waals surface area contributed by atoms with E-state index in [0.717, 1.165) is 16.5 Å². The summed E-state index contributed by atoms with van der Waals surface area (Å²) in [4.78, 5) is 19.1. The van der Waals surface area contributed by atoms with Crippen LogP contribution >= 0.6 is 0 Å². The molecule has 104 valence electrons. The van der Waals surface area contributed by atoms with Gasteiger partial charge in [0.25, 0.3) is 0 Å². The lowest BCUT2D eigenvalue weighted by atomic mass is 10.1. The van der Waals surface area contributed by atoms with Crippen molar-refractivity contribution in [2.24, 2.45) is 0 Å². The Kier molecular flexibility index (Phi) is 3.47. The summed E-state index contributed by atoms with van der Waals surface area (Å²) < 4.78 is 5.63. The van der Waals surface area contributed by atoms with E-state index in [2.05, 4.69) is 9.97 Å². The highest BCUT2D eigenvalue weighted by atomic mass is 16.5. The number of para-hydroxylation sites is 1. The first-order chi connectivity index (χ1) is 10.2. The summed E-state index contributed by atoms with van der Waals surface area (Å²) in [5.41, 5.74) is 1.92. The number of aromatic nitrogens is 2. The molecule has 0 amide bonds. The highest BCUT2D eigenvalue weighted by Crippen LogP contribution is 2.19. The Bertz CT molecular complexity index is 797. The van der Waals surface area contributed by atoms with Gasteiger partial charge >= 0.3 is 5.97 Å². The molecule has 0 aliphatic heterocycles. The van der Waals surface area contributed by atoms with Gasteiger partial charge in [-0.3, -0.25) is 9.97 Å². The molecule has 0 aliphatic rings. The first-order valence-corrected chi connectivity index (χ1v) is 6.38. The Morgan fingerprint density at radius 2 is 2.05 bits per heavy atom. The number of ether oxygens (including phenoxy) is 1. The van der Waals surface area contributed by atoms with Crippen LogP contribution in [0, 0.1) is 0 Å². The van der Waals surface area contributed by atoms with Crippen molar-refractivity contribution in [3.63, 3.8) is 0 Å². The van der Waals surface area contributed by atoms with Gasteiger partial charge < -0.3 is 9.84 Å². The number of fused-ring (bicyclic) bond motifs is 1. The van der Waals surface area contributed by atoms with E-state index in [1.54, 1.807) is 6.20 Å². The predicted octanol–water partition coefficient (Wildman–Crippen LogP) is 2.91. The first kappa shape index (κ1) is 13.1. The van der Waals surface area contributed by atoms with Crippen molar-refractivity contribution in [1.82, 2.24) is 9.97 Å². The van der Waals surface area contributed by atoms with Crippen molar-refractivity contribution < 1.29 is 14.6 Å². The van der Waals surface area contributed by atoms with Gasteiger partial charge in [-0.15, -0.1) is 0 Å². The topological polar surface area (TPSA) is 72.3 Å². The van der Waals surface area contributed by atoms with Gasteiger partial charge in [0.15, 0.2) is 0 Å². The maximum atomic E-state index is 10.9. The van der Waals surface area contributed by atoms with E-state index >= 15 is 0 Å². The summed E-state index contributed by atoms with van der Waals surface area (Å²) in [6.07, 6.45) is 4.51. The zero-order valence-corrected chi connectivity index (χ0v) is 11.1. The van der Waals surface area contributed by atoms with Crippen molar-refractivity contribution in [3.8, 4) is 5.75 Å². The molecule has 0 spiro atoms. The molecule has 0 bridgehead atoms. The van der Waals surface area contributed by atoms with Crippen molar-refractivity contribution in [1.29, 1.82) is 0 Å². The Morgan fingerprint density at radius 1 is 1.19 bits per heavy atom. The van der Waals surface area contributed by atoms with Gasteiger partial charge in [0, 0.05) is 23.3 Å². The zero-order chi connectivity index (χ0) is 14.7. The molecule has 1 aromatic carbocycles. The summed E-state index contributed by atoms with van der Waals surface area (Å²) in [5, 5.41) is 9.97. The number of hydrogen-bond donors (Lipinski definition) is 1. The molecule has 0 saturated heterocycles. The third-order valence-corrected chi connectivity index (χ3v) is 3.07. The monoisotopic (exact) mass is 280 g/mol. The summed E-state index contributed by atoms with van der Waals surface area (Å²) >= 11 is 0. The van der Waals surface area contributed by atoms with Crippen LogP contribution in [0.1, 0.15) is 15.9 Å². The second kappa shape index (κ2) is 5.58. The Labute approximate surface area is 120 Å². The van der Waals surface area contributed by atoms with E-state index in [1.807, 2.05) is 30.3 Å². The standard InChI is InChI=1S/C16H12N2O3/c19-16(20)13-7-14(9-17-8-13)21-10-12-4-1-3-11-5-2-6-18-15(11)12/h1-9H,10H2,(H,19,20). The maximum Gasteiger partial charge on any atom is 0.337 e. The fourth-order valence-electron chi connectivity index (χ4n) is 2.06. The molecule has 5 nitrogen and oxygen atoms in total. The number of aromatic carboxylic acids is 1. The number of carbonyl (C=O) groups is 1. The van der Waals surface area contributed by atoms with Crippen molar-refractivity contribution in [2.75, 3.05) is 0 Å². The van der Waals surface area contributed by atoms with Crippen molar-refractivity contribution in [2.45, 2.75) is 6.61 Å². The molecule has 0 atom stereocenters. The molecule has 3 rings (SSSR count). The van der Waals surface area contributed by atoms with Gasteiger partial charge in [-0.2, -0.15) is 0 Å².